The fourth-order valence-corrected chi connectivity index (χ4v) is 1.70. The number of nitrogens with two attached hydrogens (primary N) is 1. The molecule has 1 atom stereocenters. The summed E-state index contributed by atoms with van der Waals surface area (Å²) in [6, 6.07) is 1.23. The molecule has 100 valence electrons. The average Bonchev–Trinajstić information content (AvgIpc) is 2.77. The van der Waals surface area contributed by atoms with Gasteiger partial charge in [-0.25, -0.2) is 9.78 Å². The van der Waals surface area contributed by atoms with Crippen LogP contribution in [0.15, 0.2) is 18.6 Å². The van der Waals surface area contributed by atoms with E-state index < -0.39 is 5.97 Å². The van der Waals surface area contributed by atoms with Crippen molar-refractivity contribution < 1.29 is 9.90 Å². The molecule has 0 aromatic carbocycles. The topological polar surface area (TPSA) is 119 Å². The highest BCUT2D eigenvalue weighted by atomic mass is 16.4. The highest BCUT2D eigenvalue weighted by molar-refractivity contribution is 5.94. The Morgan fingerprint density at radius 1 is 1.58 bits per heavy atom. The largest absolute Gasteiger partial charge is 0.478 e. The number of carboxylic acids is 1. The van der Waals surface area contributed by atoms with Crippen LogP contribution in [0.3, 0.4) is 0 Å². The summed E-state index contributed by atoms with van der Waals surface area (Å²) in [5, 5.41) is 19.8. The van der Waals surface area contributed by atoms with Gasteiger partial charge in [-0.05, 0) is 13.0 Å². The lowest BCUT2D eigenvalue weighted by molar-refractivity contribution is 0.0698. The van der Waals surface area contributed by atoms with Gasteiger partial charge in [-0.1, -0.05) is 0 Å². The van der Waals surface area contributed by atoms with Crippen LogP contribution < -0.4 is 11.1 Å². The standard InChI is InChI=1S/C11H14N6O2/c1-6(10-16-14-5-17(10)2)15-9-3-7(11(18)19)8(12)4-13-9/h3-6H,12H2,1-2H3,(H,13,15)(H,18,19). The third-order valence-corrected chi connectivity index (χ3v) is 2.66. The third kappa shape index (κ3) is 2.62. The van der Waals surface area contributed by atoms with Crippen molar-refractivity contribution in [2.45, 2.75) is 13.0 Å². The number of carbonyl (C=O) groups is 1. The number of carboxylic acid groups (broad SMARTS) is 1. The summed E-state index contributed by atoms with van der Waals surface area (Å²) in [6.07, 6.45) is 2.90. The van der Waals surface area contributed by atoms with Crippen LogP contribution in [0.1, 0.15) is 29.1 Å². The van der Waals surface area contributed by atoms with Crippen LogP contribution in [0.25, 0.3) is 0 Å². The Morgan fingerprint density at radius 3 is 2.89 bits per heavy atom. The smallest absolute Gasteiger partial charge is 0.337 e. The van der Waals surface area contributed by atoms with Crippen molar-refractivity contribution in [2.75, 3.05) is 11.1 Å². The molecule has 2 aromatic heterocycles. The van der Waals surface area contributed by atoms with Crippen molar-refractivity contribution in [1.29, 1.82) is 0 Å². The van der Waals surface area contributed by atoms with Gasteiger partial charge >= 0.3 is 5.97 Å². The highest BCUT2D eigenvalue weighted by Crippen LogP contribution is 2.19. The maximum absolute atomic E-state index is 11.0. The first-order valence-electron chi connectivity index (χ1n) is 5.58. The van der Waals surface area contributed by atoms with Crippen molar-refractivity contribution in [3.8, 4) is 0 Å². The molecule has 0 fully saturated rings. The Labute approximate surface area is 109 Å². The van der Waals surface area contributed by atoms with Crippen LogP contribution in [-0.2, 0) is 7.05 Å². The lowest BCUT2D eigenvalue weighted by Gasteiger charge is -2.14. The number of anilines is 2. The fourth-order valence-electron chi connectivity index (χ4n) is 1.70. The van der Waals surface area contributed by atoms with Crippen LogP contribution in [0.4, 0.5) is 11.5 Å². The number of aromatic nitrogens is 4. The van der Waals surface area contributed by atoms with Gasteiger partial charge in [0.2, 0.25) is 0 Å². The van der Waals surface area contributed by atoms with Crippen molar-refractivity contribution in [2.24, 2.45) is 7.05 Å². The predicted molar refractivity (Wildman–Crippen MR) is 68.6 cm³/mol. The van der Waals surface area contributed by atoms with E-state index in [9.17, 15) is 4.79 Å². The first-order valence-corrected chi connectivity index (χ1v) is 5.58. The van der Waals surface area contributed by atoms with Crippen LogP contribution >= 0.6 is 0 Å². The Morgan fingerprint density at radius 2 is 2.32 bits per heavy atom. The van der Waals surface area contributed by atoms with E-state index in [1.807, 2.05) is 14.0 Å². The monoisotopic (exact) mass is 262 g/mol. The second-order valence-corrected chi connectivity index (χ2v) is 4.13. The Hall–Kier alpha value is -2.64. The molecule has 2 aromatic rings. The molecule has 2 heterocycles. The molecule has 0 radical (unpaired) electrons. The molecular weight excluding hydrogens is 248 g/mol. The number of hydrogen-bond acceptors (Lipinski definition) is 6. The number of aryl methyl sites for hydroxylation is 1. The minimum atomic E-state index is -1.09. The number of pyridine rings is 1. The molecule has 19 heavy (non-hydrogen) atoms. The van der Waals surface area contributed by atoms with Gasteiger partial charge in [0.05, 0.1) is 23.5 Å². The second kappa shape index (κ2) is 4.92. The molecule has 1 unspecified atom stereocenters. The summed E-state index contributed by atoms with van der Waals surface area (Å²) in [6.45, 7) is 1.88. The summed E-state index contributed by atoms with van der Waals surface area (Å²) >= 11 is 0. The number of rotatable bonds is 4. The van der Waals surface area contributed by atoms with Gasteiger partial charge in [0.25, 0.3) is 0 Å². The number of aromatic carboxylic acids is 1. The summed E-state index contributed by atoms with van der Waals surface area (Å²) < 4.78 is 1.77. The quantitative estimate of drug-likeness (QED) is 0.740. The first kappa shape index (κ1) is 12.8. The zero-order chi connectivity index (χ0) is 14.0. The van der Waals surface area contributed by atoms with Crippen molar-refractivity contribution in [1.82, 2.24) is 19.7 Å². The normalized spacial score (nSPS) is 12.1. The lowest BCUT2D eigenvalue weighted by atomic mass is 10.2. The summed E-state index contributed by atoms with van der Waals surface area (Å²) in [5.74, 6) is 0.0480. The first-order chi connectivity index (χ1) is 8.99. The van der Waals surface area contributed by atoms with E-state index >= 15 is 0 Å². The van der Waals surface area contributed by atoms with Gasteiger partial charge in [-0.3, -0.25) is 0 Å². The van der Waals surface area contributed by atoms with Gasteiger partial charge in [0, 0.05) is 7.05 Å². The SMILES string of the molecule is CC(Nc1cc(C(=O)O)c(N)cn1)c1nncn1C. The maximum Gasteiger partial charge on any atom is 0.337 e. The molecule has 0 saturated carbocycles. The van der Waals surface area contributed by atoms with Gasteiger partial charge in [-0.2, -0.15) is 0 Å². The van der Waals surface area contributed by atoms with E-state index in [4.69, 9.17) is 10.8 Å². The number of nitrogens with zero attached hydrogens (tertiary/aromatic N) is 4. The number of hydrogen-bond donors (Lipinski definition) is 3. The van der Waals surface area contributed by atoms with E-state index in [1.54, 1.807) is 10.9 Å². The van der Waals surface area contributed by atoms with E-state index in [0.29, 0.717) is 5.82 Å². The minimum Gasteiger partial charge on any atom is -0.478 e. The molecule has 0 aliphatic heterocycles. The van der Waals surface area contributed by atoms with Crippen LogP contribution in [0, 0.1) is 0 Å². The molecule has 0 aliphatic rings. The molecule has 0 amide bonds. The number of nitrogen functional groups attached to an aromatic ring is 1. The average molecular weight is 262 g/mol. The molecule has 8 nitrogen and oxygen atoms in total. The van der Waals surface area contributed by atoms with Crippen LogP contribution in [0.2, 0.25) is 0 Å². The summed E-state index contributed by atoms with van der Waals surface area (Å²) in [5.41, 5.74) is 5.69. The molecule has 2 rings (SSSR count). The van der Waals surface area contributed by atoms with Crippen molar-refractivity contribution >= 4 is 17.5 Å². The van der Waals surface area contributed by atoms with E-state index in [1.165, 1.54) is 12.3 Å². The molecule has 0 spiro atoms. The molecule has 4 N–H and O–H groups in total. The van der Waals surface area contributed by atoms with E-state index in [0.717, 1.165) is 5.82 Å². The Kier molecular flexibility index (Phi) is 3.32. The third-order valence-electron chi connectivity index (χ3n) is 2.66. The fraction of sp³-hybridized carbons (Fsp3) is 0.273. The van der Waals surface area contributed by atoms with Gasteiger partial charge in [0.15, 0.2) is 5.82 Å². The van der Waals surface area contributed by atoms with Crippen LogP contribution in [-0.4, -0.2) is 30.8 Å². The molecule has 8 heteroatoms. The maximum atomic E-state index is 11.0. The van der Waals surface area contributed by atoms with Crippen molar-refractivity contribution in [3.63, 3.8) is 0 Å². The van der Waals surface area contributed by atoms with E-state index in [2.05, 4.69) is 20.5 Å². The predicted octanol–water partition coefficient (Wildman–Crippen LogP) is 0.664. The van der Waals surface area contributed by atoms with Gasteiger partial charge in [-0.15, -0.1) is 10.2 Å². The Balaban J connectivity index is 2.22. The molecular formula is C11H14N6O2. The van der Waals surface area contributed by atoms with E-state index in [-0.39, 0.29) is 17.3 Å². The molecule has 0 saturated heterocycles. The zero-order valence-electron chi connectivity index (χ0n) is 10.5. The molecule has 0 aliphatic carbocycles. The zero-order valence-corrected chi connectivity index (χ0v) is 10.5. The van der Waals surface area contributed by atoms with Gasteiger partial charge in [0.1, 0.15) is 12.1 Å². The summed E-state index contributed by atoms with van der Waals surface area (Å²) in [4.78, 5) is 15.0. The Bertz CT molecular complexity index is 609. The lowest BCUT2D eigenvalue weighted by Crippen LogP contribution is -2.14. The van der Waals surface area contributed by atoms with Gasteiger partial charge < -0.3 is 20.7 Å². The highest BCUT2D eigenvalue weighted by Gasteiger charge is 2.14. The molecule has 0 bridgehead atoms. The number of nitrogens with one attached hydrogen (secondary N) is 1. The van der Waals surface area contributed by atoms with Crippen molar-refractivity contribution in [3.05, 3.63) is 30.0 Å². The van der Waals surface area contributed by atoms with Crippen LogP contribution in [0.5, 0.6) is 0 Å². The summed E-state index contributed by atoms with van der Waals surface area (Å²) in [7, 11) is 1.83. The minimum absolute atomic E-state index is 0.0164. The second-order valence-electron chi connectivity index (χ2n) is 4.13.